The molecule has 0 radical (unpaired) electrons. The molecule has 0 fully saturated rings. The van der Waals surface area contributed by atoms with Crippen molar-refractivity contribution in [1.82, 2.24) is 4.98 Å². The fourth-order valence-corrected chi connectivity index (χ4v) is 2.88. The fraction of sp³-hybridized carbons (Fsp3) is 0.200. The predicted octanol–water partition coefficient (Wildman–Crippen LogP) is 4.01. The van der Waals surface area contributed by atoms with Crippen LogP contribution < -0.4 is 9.47 Å². The highest BCUT2D eigenvalue weighted by Gasteiger charge is 2.23. The highest BCUT2D eigenvalue weighted by atomic mass is 16.5. The standard InChI is InChI=1S/C20H18N2O3/c1-12-19(15-6-4-5-7-16(15)22-12)20(23)13(2)25-17-9-8-14(11-21)10-18(17)24-3/h4-10,13,22H,1-3H3/t13-/m1/s1. The lowest BCUT2D eigenvalue weighted by Crippen LogP contribution is -2.24. The number of H-pyrrole nitrogens is 1. The van der Waals surface area contributed by atoms with Crippen LogP contribution >= 0.6 is 0 Å². The minimum absolute atomic E-state index is 0.110. The smallest absolute Gasteiger partial charge is 0.205 e. The Morgan fingerprint density at radius 2 is 1.96 bits per heavy atom. The number of carbonyl (C=O) groups excluding carboxylic acids is 1. The summed E-state index contributed by atoms with van der Waals surface area (Å²) in [5, 5.41) is 9.85. The number of para-hydroxylation sites is 1. The number of Topliss-reactive ketones (excluding diaryl/α,β-unsaturated/α-hetero) is 1. The average molecular weight is 334 g/mol. The van der Waals surface area contributed by atoms with Gasteiger partial charge in [-0.2, -0.15) is 5.26 Å². The van der Waals surface area contributed by atoms with Crippen molar-refractivity contribution in [3.05, 3.63) is 59.3 Å². The molecule has 0 aliphatic carbocycles. The maximum Gasteiger partial charge on any atom is 0.205 e. The number of ether oxygens (including phenoxy) is 2. The molecule has 0 saturated carbocycles. The van der Waals surface area contributed by atoms with Crippen LogP contribution in [0.25, 0.3) is 10.9 Å². The van der Waals surface area contributed by atoms with Gasteiger partial charge in [-0.3, -0.25) is 4.79 Å². The van der Waals surface area contributed by atoms with Crippen LogP contribution in [0.15, 0.2) is 42.5 Å². The number of nitriles is 1. The summed E-state index contributed by atoms with van der Waals surface area (Å²) in [6, 6.07) is 14.6. The Labute approximate surface area is 145 Å². The Balaban J connectivity index is 1.91. The second-order valence-corrected chi connectivity index (χ2v) is 5.77. The number of carbonyl (C=O) groups is 1. The van der Waals surface area contributed by atoms with Crippen molar-refractivity contribution in [1.29, 1.82) is 5.26 Å². The summed E-state index contributed by atoms with van der Waals surface area (Å²) in [6.45, 7) is 3.59. The van der Waals surface area contributed by atoms with Gasteiger partial charge >= 0.3 is 0 Å². The van der Waals surface area contributed by atoms with E-state index < -0.39 is 6.10 Å². The Morgan fingerprint density at radius 3 is 2.68 bits per heavy atom. The summed E-state index contributed by atoms with van der Waals surface area (Å²) >= 11 is 0. The van der Waals surface area contributed by atoms with Crippen LogP contribution in [0.3, 0.4) is 0 Å². The second-order valence-electron chi connectivity index (χ2n) is 5.77. The minimum Gasteiger partial charge on any atom is -0.493 e. The van der Waals surface area contributed by atoms with Crippen LogP contribution in [0.2, 0.25) is 0 Å². The lowest BCUT2D eigenvalue weighted by atomic mass is 10.0. The topological polar surface area (TPSA) is 75.1 Å². The van der Waals surface area contributed by atoms with E-state index in [-0.39, 0.29) is 5.78 Å². The summed E-state index contributed by atoms with van der Waals surface area (Å²) in [4.78, 5) is 16.2. The number of nitrogens with zero attached hydrogens (tertiary/aromatic N) is 1. The molecule has 0 amide bonds. The number of hydrogen-bond donors (Lipinski definition) is 1. The summed E-state index contributed by atoms with van der Waals surface area (Å²) in [7, 11) is 1.50. The molecular formula is C20H18N2O3. The zero-order valence-electron chi connectivity index (χ0n) is 14.3. The van der Waals surface area contributed by atoms with Crippen molar-refractivity contribution < 1.29 is 14.3 Å². The van der Waals surface area contributed by atoms with Gasteiger partial charge in [0.1, 0.15) is 0 Å². The van der Waals surface area contributed by atoms with Gasteiger partial charge in [-0.1, -0.05) is 18.2 Å². The predicted molar refractivity (Wildman–Crippen MR) is 95.2 cm³/mol. The van der Waals surface area contributed by atoms with Gasteiger partial charge in [-0.25, -0.2) is 0 Å². The van der Waals surface area contributed by atoms with E-state index in [2.05, 4.69) is 4.98 Å². The first kappa shape index (κ1) is 16.6. The zero-order chi connectivity index (χ0) is 18.0. The fourth-order valence-electron chi connectivity index (χ4n) is 2.88. The first-order chi connectivity index (χ1) is 12.0. The highest BCUT2D eigenvalue weighted by Crippen LogP contribution is 2.30. The molecule has 1 N–H and O–H groups in total. The average Bonchev–Trinajstić information content (AvgIpc) is 2.96. The lowest BCUT2D eigenvalue weighted by molar-refractivity contribution is 0.0815. The number of fused-ring (bicyclic) bond motifs is 1. The molecule has 2 aromatic carbocycles. The van der Waals surface area contributed by atoms with E-state index in [1.54, 1.807) is 25.1 Å². The maximum atomic E-state index is 12.9. The van der Waals surface area contributed by atoms with Crippen molar-refractivity contribution in [2.24, 2.45) is 0 Å². The Morgan fingerprint density at radius 1 is 1.20 bits per heavy atom. The number of aromatic nitrogens is 1. The van der Waals surface area contributed by atoms with Crippen molar-refractivity contribution in [3.63, 3.8) is 0 Å². The monoisotopic (exact) mass is 334 g/mol. The van der Waals surface area contributed by atoms with Crippen LogP contribution in [-0.4, -0.2) is 24.0 Å². The van der Waals surface area contributed by atoms with E-state index in [0.29, 0.717) is 22.6 Å². The minimum atomic E-state index is -0.695. The molecule has 1 aromatic heterocycles. The van der Waals surface area contributed by atoms with Crippen LogP contribution in [0.4, 0.5) is 0 Å². The van der Waals surface area contributed by atoms with Gasteiger partial charge in [0.05, 0.1) is 18.7 Å². The molecule has 0 aliphatic heterocycles. The molecule has 3 rings (SSSR count). The maximum absolute atomic E-state index is 12.9. The molecule has 3 aromatic rings. The number of hydrogen-bond acceptors (Lipinski definition) is 4. The van der Waals surface area contributed by atoms with Crippen LogP contribution in [-0.2, 0) is 0 Å². The van der Waals surface area contributed by atoms with E-state index in [1.807, 2.05) is 37.3 Å². The largest absolute Gasteiger partial charge is 0.493 e. The van der Waals surface area contributed by atoms with E-state index in [1.165, 1.54) is 7.11 Å². The lowest BCUT2D eigenvalue weighted by Gasteiger charge is -2.16. The van der Waals surface area contributed by atoms with E-state index in [0.717, 1.165) is 16.6 Å². The molecule has 0 aliphatic rings. The van der Waals surface area contributed by atoms with Gasteiger partial charge in [0, 0.05) is 28.2 Å². The molecule has 1 heterocycles. The number of methoxy groups -OCH3 is 1. The van der Waals surface area contributed by atoms with Gasteiger partial charge in [-0.15, -0.1) is 0 Å². The normalized spacial score (nSPS) is 11.8. The molecule has 0 bridgehead atoms. The first-order valence-electron chi connectivity index (χ1n) is 7.91. The quantitative estimate of drug-likeness (QED) is 0.715. The number of nitrogens with one attached hydrogen (secondary N) is 1. The Kier molecular flexibility index (Phi) is 4.44. The first-order valence-corrected chi connectivity index (χ1v) is 7.91. The summed E-state index contributed by atoms with van der Waals surface area (Å²) in [5.74, 6) is 0.746. The van der Waals surface area contributed by atoms with Gasteiger partial charge in [0.15, 0.2) is 17.6 Å². The van der Waals surface area contributed by atoms with Crippen LogP contribution in [0, 0.1) is 18.3 Å². The summed E-state index contributed by atoms with van der Waals surface area (Å²) in [5.41, 5.74) is 2.84. The Hall–Kier alpha value is -3.26. The SMILES string of the molecule is COc1cc(C#N)ccc1O[C@H](C)C(=O)c1c(C)[nH]c2ccccc12. The molecule has 0 unspecified atom stereocenters. The van der Waals surface area contributed by atoms with Crippen LogP contribution in [0.5, 0.6) is 11.5 Å². The zero-order valence-corrected chi connectivity index (χ0v) is 14.3. The van der Waals surface area contributed by atoms with Gasteiger partial charge < -0.3 is 14.5 Å². The number of benzene rings is 2. The van der Waals surface area contributed by atoms with Gasteiger partial charge in [-0.05, 0) is 32.0 Å². The molecule has 25 heavy (non-hydrogen) atoms. The molecule has 0 spiro atoms. The van der Waals surface area contributed by atoms with E-state index >= 15 is 0 Å². The summed E-state index contributed by atoms with van der Waals surface area (Å²) in [6.07, 6.45) is -0.695. The van der Waals surface area contributed by atoms with Crippen LogP contribution in [0.1, 0.15) is 28.5 Å². The molecular weight excluding hydrogens is 316 g/mol. The molecule has 5 heteroatoms. The van der Waals surface area contributed by atoms with Gasteiger partial charge in [0.2, 0.25) is 5.78 Å². The summed E-state index contributed by atoms with van der Waals surface area (Å²) < 4.78 is 11.1. The number of aryl methyl sites for hydroxylation is 1. The molecule has 126 valence electrons. The number of ketones is 1. The third-order valence-electron chi connectivity index (χ3n) is 4.11. The van der Waals surface area contributed by atoms with Crippen molar-refractivity contribution >= 4 is 16.7 Å². The van der Waals surface area contributed by atoms with E-state index in [9.17, 15) is 4.79 Å². The van der Waals surface area contributed by atoms with Crippen molar-refractivity contribution in [2.45, 2.75) is 20.0 Å². The molecule has 1 atom stereocenters. The Bertz CT molecular complexity index is 982. The molecule has 0 saturated heterocycles. The highest BCUT2D eigenvalue weighted by molar-refractivity contribution is 6.11. The second kappa shape index (κ2) is 6.70. The van der Waals surface area contributed by atoms with E-state index in [4.69, 9.17) is 14.7 Å². The number of rotatable bonds is 5. The third kappa shape index (κ3) is 3.07. The van der Waals surface area contributed by atoms with Crippen molar-refractivity contribution in [2.75, 3.05) is 7.11 Å². The third-order valence-corrected chi connectivity index (χ3v) is 4.11. The molecule has 5 nitrogen and oxygen atoms in total. The van der Waals surface area contributed by atoms with Gasteiger partial charge in [0.25, 0.3) is 0 Å². The van der Waals surface area contributed by atoms with Crippen molar-refractivity contribution in [3.8, 4) is 17.6 Å². The number of aromatic amines is 1.